The maximum Gasteiger partial charge on any atom is 0.248 e. The summed E-state index contributed by atoms with van der Waals surface area (Å²) in [6.07, 6.45) is 5.00. The number of ether oxygens (including phenoxy) is 1. The Hall–Kier alpha value is -3.22. The van der Waals surface area contributed by atoms with Gasteiger partial charge in [0, 0.05) is 43.4 Å². The molecular weight excluding hydrogens is 356 g/mol. The number of nitrogens with one attached hydrogen (secondary N) is 1. The molecule has 1 fully saturated rings. The molecule has 0 aliphatic carbocycles. The summed E-state index contributed by atoms with van der Waals surface area (Å²) in [5.74, 6) is 1.17. The molecule has 2 amide bonds. The Morgan fingerprint density at radius 2 is 1.82 bits per heavy atom. The Labute approximate surface area is 164 Å². The summed E-state index contributed by atoms with van der Waals surface area (Å²) in [4.78, 5) is 33.8. The second-order valence-electron chi connectivity index (χ2n) is 6.94. The van der Waals surface area contributed by atoms with E-state index in [1.165, 1.54) is 6.92 Å². The summed E-state index contributed by atoms with van der Waals surface area (Å²) in [5, 5.41) is 2.71. The smallest absolute Gasteiger partial charge is 0.248 e. The number of nitrogens with zero attached hydrogens (tertiary/aromatic N) is 3. The summed E-state index contributed by atoms with van der Waals surface area (Å²) < 4.78 is 5.80. The highest BCUT2D eigenvalue weighted by molar-refractivity contribution is 5.92. The molecule has 0 bridgehead atoms. The van der Waals surface area contributed by atoms with Gasteiger partial charge in [0.1, 0.15) is 5.75 Å². The molecule has 2 heterocycles. The summed E-state index contributed by atoms with van der Waals surface area (Å²) in [6.45, 7) is 8.31. The van der Waals surface area contributed by atoms with Gasteiger partial charge in [-0.1, -0.05) is 6.58 Å². The van der Waals surface area contributed by atoms with Crippen LogP contribution in [0.4, 0.5) is 5.69 Å². The molecule has 0 atom stereocenters. The van der Waals surface area contributed by atoms with E-state index in [-0.39, 0.29) is 17.7 Å². The van der Waals surface area contributed by atoms with Gasteiger partial charge >= 0.3 is 0 Å². The van der Waals surface area contributed by atoms with Gasteiger partial charge in [-0.2, -0.15) is 0 Å². The number of piperidine rings is 1. The van der Waals surface area contributed by atoms with Crippen LogP contribution < -0.4 is 10.1 Å². The first kappa shape index (κ1) is 19.5. The average Bonchev–Trinajstić information content (AvgIpc) is 2.69. The van der Waals surface area contributed by atoms with Crippen molar-refractivity contribution in [2.45, 2.75) is 32.6 Å². The summed E-state index contributed by atoms with van der Waals surface area (Å²) in [6, 6.07) is 7.06. The van der Waals surface area contributed by atoms with Crippen molar-refractivity contribution in [2.75, 3.05) is 18.4 Å². The van der Waals surface area contributed by atoms with E-state index in [4.69, 9.17) is 4.74 Å². The Kier molecular flexibility index (Phi) is 6.03. The fourth-order valence-electron chi connectivity index (χ4n) is 3.19. The molecule has 1 aliphatic heterocycles. The van der Waals surface area contributed by atoms with Gasteiger partial charge in [0.05, 0.1) is 11.9 Å². The van der Waals surface area contributed by atoms with Crippen molar-refractivity contribution < 1.29 is 14.3 Å². The van der Waals surface area contributed by atoms with Crippen LogP contribution in [-0.2, 0) is 9.59 Å². The Morgan fingerprint density at radius 1 is 1.14 bits per heavy atom. The van der Waals surface area contributed by atoms with Crippen LogP contribution in [-0.4, -0.2) is 39.8 Å². The van der Waals surface area contributed by atoms with E-state index in [9.17, 15) is 9.59 Å². The van der Waals surface area contributed by atoms with E-state index in [2.05, 4.69) is 21.9 Å². The second kappa shape index (κ2) is 8.65. The Bertz CT molecular complexity index is 871. The molecule has 146 valence electrons. The lowest BCUT2D eigenvalue weighted by Gasteiger charge is -2.31. The molecule has 28 heavy (non-hydrogen) atoms. The number of carbonyl (C=O) groups is 2. The van der Waals surface area contributed by atoms with Crippen LogP contribution in [0.2, 0.25) is 0 Å². The molecule has 1 saturated heterocycles. The molecule has 3 rings (SSSR count). The second-order valence-corrected chi connectivity index (χ2v) is 6.94. The van der Waals surface area contributed by atoms with Gasteiger partial charge in [-0.05, 0) is 44.0 Å². The minimum absolute atomic E-state index is 0.0179. The molecule has 0 radical (unpaired) electrons. The number of carbonyl (C=O) groups excluding carboxylic acids is 2. The van der Waals surface area contributed by atoms with Gasteiger partial charge in [-0.15, -0.1) is 0 Å². The van der Waals surface area contributed by atoms with Crippen LogP contribution >= 0.6 is 0 Å². The van der Waals surface area contributed by atoms with Gasteiger partial charge in [0.15, 0.2) is 0 Å². The number of amides is 2. The summed E-state index contributed by atoms with van der Waals surface area (Å²) >= 11 is 0. The number of anilines is 1. The fourth-order valence-corrected chi connectivity index (χ4v) is 3.19. The van der Waals surface area contributed by atoms with E-state index in [1.807, 2.05) is 4.90 Å². The molecule has 7 nitrogen and oxygen atoms in total. The average molecular weight is 380 g/mol. The third-order valence-corrected chi connectivity index (χ3v) is 4.59. The highest BCUT2D eigenvalue weighted by Crippen LogP contribution is 2.29. The van der Waals surface area contributed by atoms with Crippen LogP contribution in [0.25, 0.3) is 0 Å². The minimum atomic E-state index is -0.122. The zero-order chi connectivity index (χ0) is 20.1. The van der Waals surface area contributed by atoms with Crippen LogP contribution in [0.5, 0.6) is 11.6 Å². The molecular formula is C21H24N4O3. The molecule has 1 aromatic carbocycles. The molecule has 0 unspecified atom stereocenters. The molecule has 0 spiro atoms. The Balaban J connectivity index is 1.62. The number of rotatable bonds is 5. The summed E-state index contributed by atoms with van der Waals surface area (Å²) in [7, 11) is 0. The fraction of sp³-hybridized carbons (Fsp3) is 0.333. The highest BCUT2D eigenvalue weighted by atomic mass is 16.5. The number of likely N-dealkylation sites (tertiary alicyclic amines) is 1. The topological polar surface area (TPSA) is 84.4 Å². The van der Waals surface area contributed by atoms with Gasteiger partial charge < -0.3 is 15.0 Å². The predicted octanol–water partition coefficient (Wildman–Crippen LogP) is 3.51. The standard InChI is InChI=1S/C21H24N4O3/c1-14(2)21(27)25-10-8-16(9-11-25)19-12-22-13-20(24-19)28-18-6-4-17(5-7-18)23-15(3)26/h4-7,12-13,16H,1,8-11H2,2-3H3,(H,23,26). The normalized spacial score (nSPS) is 14.4. The van der Waals surface area contributed by atoms with Gasteiger partial charge in [-0.25, -0.2) is 4.98 Å². The third-order valence-electron chi connectivity index (χ3n) is 4.59. The van der Waals surface area contributed by atoms with Gasteiger partial charge in [-0.3, -0.25) is 14.6 Å². The first-order valence-electron chi connectivity index (χ1n) is 9.24. The van der Waals surface area contributed by atoms with Crippen LogP contribution in [0.3, 0.4) is 0 Å². The molecule has 0 saturated carbocycles. The van der Waals surface area contributed by atoms with Gasteiger partial charge in [0.2, 0.25) is 17.7 Å². The number of benzene rings is 1. The molecule has 1 N–H and O–H groups in total. The number of aromatic nitrogens is 2. The monoisotopic (exact) mass is 380 g/mol. The molecule has 1 aliphatic rings. The first-order valence-corrected chi connectivity index (χ1v) is 9.24. The van der Waals surface area contributed by atoms with Crippen molar-refractivity contribution in [3.05, 3.63) is 54.5 Å². The molecule has 7 heteroatoms. The number of hydrogen-bond acceptors (Lipinski definition) is 5. The van der Waals surface area contributed by atoms with E-state index in [1.54, 1.807) is 43.6 Å². The first-order chi connectivity index (χ1) is 13.4. The molecule has 1 aromatic heterocycles. The summed E-state index contributed by atoms with van der Waals surface area (Å²) in [5.41, 5.74) is 2.14. The maximum atomic E-state index is 12.0. The van der Waals surface area contributed by atoms with E-state index >= 15 is 0 Å². The van der Waals surface area contributed by atoms with Crippen molar-refractivity contribution in [3.8, 4) is 11.6 Å². The zero-order valence-electron chi connectivity index (χ0n) is 16.1. The van der Waals surface area contributed by atoms with Crippen molar-refractivity contribution in [1.82, 2.24) is 14.9 Å². The van der Waals surface area contributed by atoms with E-state index in [0.717, 1.165) is 18.5 Å². The van der Waals surface area contributed by atoms with Gasteiger partial charge in [0.25, 0.3) is 0 Å². The van der Waals surface area contributed by atoms with Crippen molar-refractivity contribution in [2.24, 2.45) is 0 Å². The SMILES string of the molecule is C=C(C)C(=O)N1CCC(c2cncc(Oc3ccc(NC(C)=O)cc3)n2)CC1. The van der Waals surface area contributed by atoms with E-state index < -0.39 is 0 Å². The van der Waals surface area contributed by atoms with Crippen LogP contribution in [0.1, 0.15) is 38.3 Å². The quantitative estimate of drug-likeness (QED) is 0.803. The van der Waals surface area contributed by atoms with Crippen molar-refractivity contribution >= 4 is 17.5 Å². The van der Waals surface area contributed by atoms with Crippen molar-refractivity contribution in [3.63, 3.8) is 0 Å². The number of hydrogen-bond donors (Lipinski definition) is 1. The Morgan fingerprint density at radius 3 is 2.43 bits per heavy atom. The maximum absolute atomic E-state index is 12.0. The van der Waals surface area contributed by atoms with Crippen molar-refractivity contribution in [1.29, 1.82) is 0 Å². The lowest BCUT2D eigenvalue weighted by atomic mass is 9.93. The van der Waals surface area contributed by atoms with E-state index in [0.29, 0.717) is 36.0 Å². The zero-order valence-corrected chi connectivity index (χ0v) is 16.1. The van der Waals surface area contributed by atoms with Crippen LogP contribution in [0.15, 0.2) is 48.8 Å². The largest absolute Gasteiger partial charge is 0.437 e. The molecule has 2 aromatic rings. The lowest BCUT2D eigenvalue weighted by molar-refractivity contribution is -0.128. The van der Waals surface area contributed by atoms with Crippen LogP contribution in [0, 0.1) is 0 Å². The highest BCUT2D eigenvalue weighted by Gasteiger charge is 2.25. The predicted molar refractivity (Wildman–Crippen MR) is 106 cm³/mol. The lowest BCUT2D eigenvalue weighted by Crippen LogP contribution is -2.38. The minimum Gasteiger partial charge on any atom is -0.437 e. The third kappa shape index (κ3) is 4.94.